The van der Waals surface area contributed by atoms with Crippen LogP contribution in [-0.4, -0.2) is 22.4 Å². The number of hydrogen-bond acceptors (Lipinski definition) is 2. The van der Waals surface area contributed by atoms with Crippen LogP contribution in [0.4, 0.5) is 0 Å². The molecule has 0 radical (unpaired) electrons. The van der Waals surface area contributed by atoms with Gasteiger partial charge in [0.2, 0.25) is 0 Å². The largest absolute Gasteiger partial charge is 0.396 e. The first-order valence-corrected chi connectivity index (χ1v) is 4.70. The van der Waals surface area contributed by atoms with Gasteiger partial charge in [0.25, 0.3) is 0 Å². The lowest BCUT2D eigenvalue weighted by molar-refractivity contribution is -0.0829. The van der Waals surface area contributed by atoms with E-state index in [4.69, 9.17) is 5.11 Å². The van der Waals surface area contributed by atoms with Gasteiger partial charge in [-0.15, -0.1) is 0 Å². The number of halogens is 1. The molecule has 0 unspecified atom stereocenters. The van der Waals surface area contributed by atoms with E-state index in [0.29, 0.717) is 25.2 Å². The molecule has 0 bridgehead atoms. The summed E-state index contributed by atoms with van der Waals surface area (Å²) in [5.74, 6) is 3.14. The Morgan fingerprint density at radius 2 is 2.18 bits per heavy atom. The van der Waals surface area contributed by atoms with Crippen LogP contribution < -0.4 is 0 Å². The van der Waals surface area contributed by atoms with Crippen molar-refractivity contribution in [2.75, 3.05) is 6.61 Å². The molecular weight excluding hydrogens is 255 g/mol. The zero-order valence-electron chi connectivity index (χ0n) is 6.18. The molecule has 1 saturated carbocycles. The predicted octanol–water partition coefficient (Wildman–Crippen LogP) is 0.906. The summed E-state index contributed by atoms with van der Waals surface area (Å²) in [6, 6.07) is 0. The van der Waals surface area contributed by atoms with E-state index in [-0.39, 0.29) is 6.61 Å². The maximum Gasteiger partial charge on any atom is 0.0763 e. The Morgan fingerprint density at radius 3 is 2.64 bits per heavy atom. The van der Waals surface area contributed by atoms with Crippen LogP contribution in [0, 0.1) is 15.8 Å². The first-order valence-electron chi connectivity index (χ1n) is 3.62. The Balaban J connectivity index is 2.29. The topological polar surface area (TPSA) is 40.5 Å². The second-order valence-corrected chi connectivity index (χ2v) is 3.67. The van der Waals surface area contributed by atoms with Crippen LogP contribution in [-0.2, 0) is 0 Å². The smallest absolute Gasteiger partial charge is 0.0763 e. The molecule has 1 rings (SSSR count). The van der Waals surface area contributed by atoms with Gasteiger partial charge in [0.1, 0.15) is 0 Å². The molecule has 0 aliphatic heterocycles. The Labute approximate surface area is 80.1 Å². The summed E-state index contributed by atoms with van der Waals surface area (Å²) in [7, 11) is 0. The Kier molecular flexibility index (Phi) is 3.16. The van der Waals surface area contributed by atoms with Gasteiger partial charge in [-0.2, -0.15) is 0 Å². The molecule has 62 valence electrons. The molecule has 2 N–H and O–H groups in total. The van der Waals surface area contributed by atoms with Crippen molar-refractivity contribution in [2.45, 2.75) is 24.9 Å². The zero-order chi connectivity index (χ0) is 8.32. The minimum atomic E-state index is -0.592. The maximum absolute atomic E-state index is 9.63. The van der Waals surface area contributed by atoms with Gasteiger partial charge in [-0.3, -0.25) is 0 Å². The lowest BCUT2D eigenvalue weighted by Crippen LogP contribution is -2.44. The summed E-state index contributed by atoms with van der Waals surface area (Å²) in [6.45, 7) is 0.194. The lowest BCUT2D eigenvalue weighted by Gasteiger charge is -2.41. The normalized spacial score (nSPS) is 35.4. The summed E-state index contributed by atoms with van der Waals surface area (Å²) in [6.07, 6.45) is 1.95. The second-order valence-electron chi connectivity index (χ2n) is 3.13. The maximum atomic E-state index is 9.63. The molecule has 3 heteroatoms. The molecule has 11 heavy (non-hydrogen) atoms. The van der Waals surface area contributed by atoms with E-state index in [0.717, 1.165) is 0 Å². The number of rotatable bonds is 2. The highest BCUT2D eigenvalue weighted by Gasteiger charge is 2.41. The van der Waals surface area contributed by atoms with Gasteiger partial charge in [-0.1, -0.05) is 5.92 Å². The summed E-state index contributed by atoms with van der Waals surface area (Å²) < 4.78 is 2.72. The van der Waals surface area contributed by atoms with E-state index in [1.54, 1.807) is 0 Å². The molecule has 0 heterocycles. The van der Waals surface area contributed by atoms with Crippen molar-refractivity contribution in [3.05, 3.63) is 0 Å². The molecule has 0 aromatic heterocycles. The summed E-state index contributed by atoms with van der Waals surface area (Å²) in [5.41, 5.74) is -0.592. The minimum Gasteiger partial charge on any atom is -0.396 e. The molecule has 1 aliphatic carbocycles. The fourth-order valence-corrected chi connectivity index (χ4v) is 1.68. The fraction of sp³-hybridized carbons (Fsp3) is 0.750. The molecule has 0 aromatic rings. The molecule has 0 atom stereocenters. The standard InChI is InChI=1S/C8H11IO2/c9-3-1-2-8(11)4-7(5-8)6-10/h7,10-11H,2,4-6H2/t7-,8-. The molecule has 2 nitrogen and oxygen atoms in total. The van der Waals surface area contributed by atoms with Gasteiger partial charge in [-0.25, -0.2) is 0 Å². The molecule has 0 amide bonds. The van der Waals surface area contributed by atoms with Gasteiger partial charge in [0.05, 0.1) is 5.60 Å². The van der Waals surface area contributed by atoms with Crippen LogP contribution in [0.1, 0.15) is 19.3 Å². The number of aliphatic hydroxyl groups excluding tert-OH is 1. The third kappa shape index (κ3) is 2.32. The van der Waals surface area contributed by atoms with E-state index in [2.05, 4.69) is 9.85 Å². The van der Waals surface area contributed by atoms with E-state index in [1.807, 2.05) is 22.6 Å². The highest BCUT2D eigenvalue weighted by Crippen LogP contribution is 2.39. The van der Waals surface area contributed by atoms with Crippen molar-refractivity contribution in [3.8, 4) is 9.85 Å². The van der Waals surface area contributed by atoms with Crippen molar-refractivity contribution in [3.63, 3.8) is 0 Å². The van der Waals surface area contributed by atoms with Crippen molar-refractivity contribution in [2.24, 2.45) is 5.92 Å². The average Bonchev–Trinajstić information content (AvgIpc) is 1.95. The van der Waals surface area contributed by atoms with Gasteiger partial charge in [-0.05, 0) is 22.7 Å². The van der Waals surface area contributed by atoms with Crippen LogP contribution >= 0.6 is 22.6 Å². The van der Waals surface area contributed by atoms with E-state index < -0.39 is 5.60 Å². The van der Waals surface area contributed by atoms with Crippen molar-refractivity contribution >= 4 is 22.6 Å². The highest BCUT2D eigenvalue weighted by atomic mass is 127. The van der Waals surface area contributed by atoms with E-state index >= 15 is 0 Å². The van der Waals surface area contributed by atoms with Gasteiger partial charge >= 0.3 is 0 Å². The van der Waals surface area contributed by atoms with E-state index in [1.165, 1.54) is 0 Å². The third-order valence-corrected chi connectivity index (χ3v) is 2.46. The lowest BCUT2D eigenvalue weighted by atomic mass is 9.70. The molecule has 0 saturated heterocycles. The molecule has 0 aromatic carbocycles. The van der Waals surface area contributed by atoms with Crippen molar-refractivity contribution in [1.29, 1.82) is 0 Å². The van der Waals surface area contributed by atoms with Crippen LogP contribution in [0.15, 0.2) is 0 Å². The quantitative estimate of drug-likeness (QED) is 0.576. The summed E-state index contributed by atoms with van der Waals surface area (Å²) in [5, 5.41) is 18.3. The molecule has 1 fully saturated rings. The SMILES string of the molecule is OC[C@H]1C[C@@](O)(CC#CI)C1. The van der Waals surface area contributed by atoms with Gasteiger partial charge in [0.15, 0.2) is 0 Å². The van der Waals surface area contributed by atoms with Crippen LogP contribution in [0.5, 0.6) is 0 Å². The summed E-state index contributed by atoms with van der Waals surface area (Å²) in [4.78, 5) is 0. The first kappa shape index (κ1) is 9.30. The minimum absolute atomic E-state index is 0.194. The van der Waals surface area contributed by atoms with Gasteiger partial charge in [0, 0.05) is 35.6 Å². The molecule has 0 spiro atoms. The predicted molar refractivity (Wildman–Crippen MR) is 51.2 cm³/mol. The Morgan fingerprint density at radius 1 is 1.55 bits per heavy atom. The van der Waals surface area contributed by atoms with Crippen molar-refractivity contribution in [1.82, 2.24) is 0 Å². The van der Waals surface area contributed by atoms with E-state index in [9.17, 15) is 5.11 Å². The number of aliphatic hydroxyl groups is 2. The van der Waals surface area contributed by atoms with Crippen LogP contribution in [0.3, 0.4) is 0 Å². The Hall–Kier alpha value is 0.210. The molecule has 1 aliphatic rings. The highest BCUT2D eigenvalue weighted by molar-refractivity contribution is 14.1. The van der Waals surface area contributed by atoms with Crippen molar-refractivity contribution < 1.29 is 10.2 Å². The summed E-state index contributed by atoms with van der Waals surface area (Å²) >= 11 is 1.96. The number of hydrogen-bond donors (Lipinski definition) is 2. The average molecular weight is 266 g/mol. The van der Waals surface area contributed by atoms with Crippen LogP contribution in [0.25, 0.3) is 0 Å². The Bertz CT molecular complexity index is 186. The zero-order valence-corrected chi connectivity index (χ0v) is 8.34. The second kappa shape index (κ2) is 3.74. The molecular formula is C8H11IO2. The fourth-order valence-electron chi connectivity index (χ4n) is 1.49. The monoisotopic (exact) mass is 266 g/mol. The third-order valence-electron chi connectivity index (χ3n) is 2.08. The van der Waals surface area contributed by atoms with Gasteiger partial charge < -0.3 is 10.2 Å². The first-order chi connectivity index (χ1) is 5.20. The van der Waals surface area contributed by atoms with Crippen LogP contribution in [0.2, 0.25) is 0 Å².